The maximum Gasteiger partial charge on any atom is 0.422 e. The molecule has 1 saturated heterocycles. The predicted molar refractivity (Wildman–Crippen MR) is 78.3 cm³/mol. The molecule has 2 N–H and O–H groups in total. The van der Waals surface area contributed by atoms with Crippen LogP contribution in [-0.4, -0.2) is 47.9 Å². The summed E-state index contributed by atoms with van der Waals surface area (Å²) >= 11 is 0. The minimum Gasteiger partial charge on any atom is -0.446 e. The molecule has 7 heteroatoms. The first-order valence-corrected chi connectivity index (χ1v) is 7.25. The van der Waals surface area contributed by atoms with Crippen molar-refractivity contribution in [3.63, 3.8) is 0 Å². The largest absolute Gasteiger partial charge is 0.446 e. The Morgan fingerprint density at radius 2 is 1.76 bits per heavy atom. The summed E-state index contributed by atoms with van der Waals surface area (Å²) < 4.78 is 10.2. The third-order valence-corrected chi connectivity index (χ3v) is 3.37. The van der Waals surface area contributed by atoms with Gasteiger partial charge in [0.25, 0.3) is 6.47 Å². The van der Waals surface area contributed by atoms with Crippen LogP contribution >= 0.6 is 0 Å². The van der Waals surface area contributed by atoms with Gasteiger partial charge in [-0.05, 0) is 47.5 Å². The van der Waals surface area contributed by atoms with Crippen molar-refractivity contribution in [3.05, 3.63) is 0 Å². The number of likely N-dealkylation sites (tertiary alicyclic amines) is 1. The van der Waals surface area contributed by atoms with Crippen LogP contribution in [0, 0.1) is 0 Å². The summed E-state index contributed by atoms with van der Waals surface area (Å²) in [5.41, 5.74) is 4.46. The minimum absolute atomic E-state index is 0.181. The molecule has 122 valence electrons. The van der Waals surface area contributed by atoms with Crippen molar-refractivity contribution in [2.75, 3.05) is 13.1 Å². The molecule has 7 nitrogen and oxygen atoms in total. The van der Waals surface area contributed by atoms with E-state index in [1.165, 1.54) is 0 Å². The summed E-state index contributed by atoms with van der Waals surface area (Å²) in [6, 6.07) is 0.181. The number of piperidine rings is 1. The number of hydrazine groups is 1. The summed E-state index contributed by atoms with van der Waals surface area (Å²) in [7, 11) is 0. The van der Waals surface area contributed by atoms with Gasteiger partial charge in [0.1, 0.15) is 5.60 Å². The summed E-state index contributed by atoms with van der Waals surface area (Å²) in [5, 5.41) is 0. The van der Waals surface area contributed by atoms with Crippen molar-refractivity contribution < 1.29 is 19.1 Å². The van der Waals surface area contributed by atoms with E-state index in [0.717, 1.165) is 25.9 Å². The number of nitrogens with one attached hydrogen (secondary N) is 2. The molecular formula is C14H27N3O4. The molecule has 0 aromatic rings. The van der Waals surface area contributed by atoms with Crippen LogP contribution in [0.3, 0.4) is 0 Å². The molecule has 0 aromatic carbocycles. The minimum atomic E-state index is -0.592. The Kier molecular flexibility index (Phi) is 5.98. The Morgan fingerprint density at radius 1 is 1.19 bits per heavy atom. The number of carbonyl (C=O) groups excluding carboxylic acids is 2. The van der Waals surface area contributed by atoms with Gasteiger partial charge in [0.15, 0.2) is 5.72 Å². The summed E-state index contributed by atoms with van der Waals surface area (Å²) in [6.45, 7) is 11.3. The highest BCUT2D eigenvalue weighted by Gasteiger charge is 2.32. The molecule has 1 amide bonds. The lowest BCUT2D eigenvalue weighted by atomic mass is 10.0. The molecule has 0 spiro atoms. The Labute approximate surface area is 126 Å². The number of nitrogens with zero attached hydrogens (tertiary/aromatic N) is 1. The second kappa shape index (κ2) is 7.09. The van der Waals surface area contributed by atoms with Gasteiger partial charge < -0.3 is 9.47 Å². The number of hydrogen-bond donors (Lipinski definition) is 2. The Morgan fingerprint density at radius 3 is 2.24 bits per heavy atom. The van der Waals surface area contributed by atoms with Crippen LogP contribution in [-0.2, 0) is 14.3 Å². The number of amides is 1. The third-order valence-electron chi connectivity index (χ3n) is 3.37. The average molecular weight is 301 g/mol. The van der Waals surface area contributed by atoms with Gasteiger partial charge in [0.2, 0.25) is 0 Å². The van der Waals surface area contributed by atoms with Gasteiger partial charge >= 0.3 is 6.09 Å². The maximum atomic E-state index is 11.5. The molecular weight excluding hydrogens is 274 g/mol. The third kappa shape index (κ3) is 6.31. The molecule has 0 atom stereocenters. The van der Waals surface area contributed by atoms with Crippen molar-refractivity contribution >= 4 is 12.6 Å². The highest BCUT2D eigenvalue weighted by molar-refractivity contribution is 5.67. The van der Waals surface area contributed by atoms with E-state index in [0.29, 0.717) is 6.47 Å². The molecule has 0 saturated carbocycles. The zero-order valence-corrected chi connectivity index (χ0v) is 13.6. The quantitative estimate of drug-likeness (QED) is 0.590. The molecule has 0 bridgehead atoms. The fourth-order valence-corrected chi connectivity index (χ4v) is 2.22. The molecule has 0 unspecified atom stereocenters. The van der Waals surface area contributed by atoms with E-state index in [1.807, 2.05) is 34.6 Å². The molecule has 1 aliphatic heterocycles. The van der Waals surface area contributed by atoms with E-state index in [1.54, 1.807) is 0 Å². The second-order valence-corrected chi connectivity index (χ2v) is 6.69. The van der Waals surface area contributed by atoms with Crippen molar-refractivity contribution in [1.82, 2.24) is 15.8 Å². The number of hydrogen-bond acceptors (Lipinski definition) is 6. The Bertz CT molecular complexity index is 358. The number of carbonyl (C=O) groups is 2. The molecule has 1 fully saturated rings. The lowest BCUT2D eigenvalue weighted by molar-refractivity contribution is -0.163. The zero-order chi connectivity index (χ0) is 16.1. The SMILES string of the molecule is CC(C)(C)OC(=O)NNC1CCN(C(C)(C)OC=O)CC1. The van der Waals surface area contributed by atoms with Crippen LogP contribution < -0.4 is 10.9 Å². The topological polar surface area (TPSA) is 79.9 Å². The molecule has 21 heavy (non-hydrogen) atoms. The van der Waals surface area contributed by atoms with E-state index in [4.69, 9.17) is 9.47 Å². The lowest BCUT2D eigenvalue weighted by Gasteiger charge is -2.41. The maximum absolute atomic E-state index is 11.5. The van der Waals surface area contributed by atoms with E-state index in [9.17, 15) is 9.59 Å². The van der Waals surface area contributed by atoms with Crippen molar-refractivity contribution in [3.8, 4) is 0 Å². The first-order valence-electron chi connectivity index (χ1n) is 7.25. The van der Waals surface area contributed by atoms with Crippen molar-refractivity contribution in [2.45, 2.75) is 64.8 Å². The van der Waals surface area contributed by atoms with E-state index >= 15 is 0 Å². The zero-order valence-electron chi connectivity index (χ0n) is 13.6. The number of ether oxygens (including phenoxy) is 2. The molecule has 0 aromatic heterocycles. The van der Waals surface area contributed by atoms with Gasteiger partial charge in [0.05, 0.1) is 0 Å². The second-order valence-electron chi connectivity index (χ2n) is 6.69. The summed E-state index contributed by atoms with van der Waals surface area (Å²) in [6.07, 6.45) is 1.22. The van der Waals surface area contributed by atoms with E-state index in [2.05, 4.69) is 15.8 Å². The fourth-order valence-electron chi connectivity index (χ4n) is 2.22. The van der Waals surface area contributed by atoms with Crippen LogP contribution in [0.25, 0.3) is 0 Å². The van der Waals surface area contributed by atoms with Crippen LogP contribution in [0.1, 0.15) is 47.5 Å². The fraction of sp³-hybridized carbons (Fsp3) is 0.857. The monoisotopic (exact) mass is 301 g/mol. The van der Waals surface area contributed by atoms with Gasteiger partial charge in [-0.3, -0.25) is 15.1 Å². The van der Waals surface area contributed by atoms with Crippen LogP contribution in [0.15, 0.2) is 0 Å². The predicted octanol–water partition coefficient (Wildman–Crippen LogP) is 1.39. The Hall–Kier alpha value is -1.34. The molecule has 1 heterocycles. The van der Waals surface area contributed by atoms with Crippen molar-refractivity contribution in [2.24, 2.45) is 0 Å². The van der Waals surface area contributed by atoms with Crippen molar-refractivity contribution in [1.29, 1.82) is 0 Å². The van der Waals surface area contributed by atoms with Crippen LogP contribution in [0.5, 0.6) is 0 Å². The van der Waals surface area contributed by atoms with Gasteiger partial charge in [-0.25, -0.2) is 10.2 Å². The smallest absolute Gasteiger partial charge is 0.422 e. The van der Waals surface area contributed by atoms with Crippen LogP contribution in [0.4, 0.5) is 4.79 Å². The molecule has 0 aliphatic carbocycles. The molecule has 1 aliphatic rings. The lowest BCUT2D eigenvalue weighted by Crippen LogP contribution is -2.55. The first kappa shape index (κ1) is 17.7. The molecule has 1 rings (SSSR count). The first-order chi connectivity index (χ1) is 9.64. The van der Waals surface area contributed by atoms with Gasteiger partial charge in [-0.2, -0.15) is 0 Å². The highest BCUT2D eigenvalue weighted by atomic mass is 16.6. The highest BCUT2D eigenvalue weighted by Crippen LogP contribution is 2.21. The van der Waals surface area contributed by atoms with E-state index < -0.39 is 17.4 Å². The summed E-state index contributed by atoms with van der Waals surface area (Å²) in [5.74, 6) is 0. The number of rotatable bonds is 5. The summed E-state index contributed by atoms with van der Waals surface area (Å²) in [4.78, 5) is 24.1. The van der Waals surface area contributed by atoms with Gasteiger partial charge in [-0.15, -0.1) is 0 Å². The molecule has 0 radical (unpaired) electrons. The van der Waals surface area contributed by atoms with Gasteiger partial charge in [0, 0.05) is 19.1 Å². The van der Waals surface area contributed by atoms with E-state index in [-0.39, 0.29) is 6.04 Å². The van der Waals surface area contributed by atoms with Crippen LogP contribution in [0.2, 0.25) is 0 Å². The standard InChI is InChI=1S/C14H27N3O4/c1-13(2,3)21-12(19)16-15-11-6-8-17(9-7-11)14(4,5)20-10-18/h10-11,15H,6-9H2,1-5H3,(H,16,19). The van der Waals surface area contributed by atoms with Gasteiger partial charge in [-0.1, -0.05) is 0 Å². The Balaban J connectivity index is 2.31. The normalized spacial score (nSPS) is 18.1. The average Bonchev–Trinajstić information content (AvgIpc) is 2.35.